The summed E-state index contributed by atoms with van der Waals surface area (Å²) in [7, 11) is 0. The van der Waals surface area contributed by atoms with E-state index in [2.05, 4.69) is 40.2 Å². The second kappa shape index (κ2) is 5.25. The van der Waals surface area contributed by atoms with E-state index in [0.29, 0.717) is 0 Å². The predicted molar refractivity (Wildman–Crippen MR) is 70.2 cm³/mol. The number of rotatable bonds is 5. The van der Waals surface area contributed by atoms with Crippen LogP contribution in [0.1, 0.15) is 26.7 Å². The number of anilines is 1. The third-order valence-electron chi connectivity index (χ3n) is 2.70. The van der Waals surface area contributed by atoms with Crippen molar-refractivity contribution < 1.29 is 0 Å². The van der Waals surface area contributed by atoms with E-state index in [-0.39, 0.29) is 0 Å². The zero-order valence-electron chi connectivity index (χ0n) is 9.81. The number of aromatic nitrogens is 2. The van der Waals surface area contributed by atoms with Gasteiger partial charge in [-0.2, -0.15) is 0 Å². The SMILES string of the molecule is CCCCN(CC)c1ncnc2sccc12. The molecule has 0 aromatic carbocycles. The van der Waals surface area contributed by atoms with Crippen molar-refractivity contribution in [3.63, 3.8) is 0 Å². The number of thiophene rings is 1. The second-order valence-corrected chi connectivity index (χ2v) is 4.66. The minimum atomic E-state index is 1.00. The van der Waals surface area contributed by atoms with Crippen LogP contribution >= 0.6 is 11.3 Å². The summed E-state index contributed by atoms with van der Waals surface area (Å²) >= 11 is 1.68. The molecule has 4 heteroatoms. The molecule has 0 bridgehead atoms. The van der Waals surface area contributed by atoms with Crippen LogP contribution < -0.4 is 4.90 Å². The fourth-order valence-electron chi connectivity index (χ4n) is 1.79. The van der Waals surface area contributed by atoms with Crippen LogP contribution in [0.4, 0.5) is 5.82 Å². The zero-order valence-corrected chi connectivity index (χ0v) is 10.6. The standard InChI is InChI=1S/C12H17N3S/c1-3-5-7-15(4-2)11-10-6-8-16-12(10)14-9-13-11/h6,8-9H,3-5,7H2,1-2H3. The monoisotopic (exact) mass is 235 g/mol. The first kappa shape index (κ1) is 11.3. The quantitative estimate of drug-likeness (QED) is 0.796. The van der Waals surface area contributed by atoms with E-state index in [0.717, 1.165) is 23.7 Å². The molecule has 3 nitrogen and oxygen atoms in total. The van der Waals surface area contributed by atoms with Gasteiger partial charge in [0.15, 0.2) is 0 Å². The number of hydrogen-bond acceptors (Lipinski definition) is 4. The highest BCUT2D eigenvalue weighted by molar-refractivity contribution is 7.16. The van der Waals surface area contributed by atoms with Crippen LogP contribution in [0.2, 0.25) is 0 Å². The molecule has 0 amide bonds. The Hall–Kier alpha value is -1.16. The lowest BCUT2D eigenvalue weighted by Gasteiger charge is -2.22. The van der Waals surface area contributed by atoms with Crippen molar-refractivity contribution in [2.24, 2.45) is 0 Å². The summed E-state index contributed by atoms with van der Waals surface area (Å²) < 4.78 is 0. The van der Waals surface area contributed by atoms with Crippen molar-refractivity contribution in [3.05, 3.63) is 17.8 Å². The highest BCUT2D eigenvalue weighted by atomic mass is 32.1. The zero-order chi connectivity index (χ0) is 11.4. The van der Waals surface area contributed by atoms with E-state index in [4.69, 9.17) is 0 Å². The van der Waals surface area contributed by atoms with Gasteiger partial charge in [-0.3, -0.25) is 0 Å². The lowest BCUT2D eigenvalue weighted by Crippen LogP contribution is -2.25. The van der Waals surface area contributed by atoms with Gasteiger partial charge in [-0.15, -0.1) is 11.3 Å². The molecular formula is C12H17N3S. The van der Waals surface area contributed by atoms with Gasteiger partial charge in [-0.1, -0.05) is 13.3 Å². The van der Waals surface area contributed by atoms with E-state index in [1.54, 1.807) is 17.7 Å². The largest absolute Gasteiger partial charge is 0.356 e. The van der Waals surface area contributed by atoms with Gasteiger partial charge in [0, 0.05) is 13.1 Å². The van der Waals surface area contributed by atoms with Gasteiger partial charge >= 0.3 is 0 Å². The molecule has 0 spiro atoms. The molecule has 0 fully saturated rings. The third-order valence-corrected chi connectivity index (χ3v) is 3.52. The Kier molecular flexibility index (Phi) is 3.72. The highest BCUT2D eigenvalue weighted by Gasteiger charge is 2.10. The van der Waals surface area contributed by atoms with Crippen molar-refractivity contribution in [3.8, 4) is 0 Å². The third kappa shape index (κ3) is 2.16. The van der Waals surface area contributed by atoms with E-state index >= 15 is 0 Å². The average molecular weight is 235 g/mol. The molecular weight excluding hydrogens is 218 g/mol. The molecule has 0 N–H and O–H groups in total. The molecule has 0 saturated heterocycles. The van der Waals surface area contributed by atoms with Crippen molar-refractivity contribution in [1.29, 1.82) is 0 Å². The van der Waals surface area contributed by atoms with Gasteiger partial charge in [0.2, 0.25) is 0 Å². The van der Waals surface area contributed by atoms with Crippen molar-refractivity contribution >= 4 is 27.4 Å². The van der Waals surface area contributed by atoms with Gasteiger partial charge in [-0.05, 0) is 24.8 Å². The maximum atomic E-state index is 4.42. The predicted octanol–water partition coefficient (Wildman–Crippen LogP) is 3.32. The highest BCUT2D eigenvalue weighted by Crippen LogP contribution is 2.26. The fraction of sp³-hybridized carbons (Fsp3) is 0.500. The summed E-state index contributed by atoms with van der Waals surface area (Å²) in [6.07, 6.45) is 4.10. The first-order valence-corrected chi connectivity index (χ1v) is 6.68. The van der Waals surface area contributed by atoms with E-state index in [1.807, 2.05) is 0 Å². The molecule has 2 aromatic heterocycles. The molecule has 2 heterocycles. The number of unbranched alkanes of at least 4 members (excludes halogenated alkanes) is 1. The van der Waals surface area contributed by atoms with Gasteiger partial charge in [-0.25, -0.2) is 9.97 Å². The summed E-state index contributed by atoms with van der Waals surface area (Å²) in [6.45, 7) is 6.47. The average Bonchev–Trinajstić information content (AvgIpc) is 2.78. The Balaban J connectivity index is 2.32. The summed E-state index contributed by atoms with van der Waals surface area (Å²) in [5.74, 6) is 1.09. The van der Waals surface area contributed by atoms with Gasteiger partial charge in [0.05, 0.1) is 5.39 Å². The molecule has 0 saturated carbocycles. The minimum absolute atomic E-state index is 1.00. The first-order chi connectivity index (χ1) is 7.86. The number of fused-ring (bicyclic) bond motifs is 1. The van der Waals surface area contributed by atoms with E-state index in [1.165, 1.54) is 18.2 Å². The smallest absolute Gasteiger partial charge is 0.140 e. The minimum Gasteiger partial charge on any atom is -0.356 e. The van der Waals surface area contributed by atoms with Crippen LogP contribution in [-0.4, -0.2) is 23.1 Å². The Bertz CT molecular complexity index is 452. The summed E-state index contributed by atoms with van der Waals surface area (Å²) in [5.41, 5.74) is 0. The summed E-state index contributed by atoms with van der Waals surface area (Å²) in [4.78, 5) is 12.1. The Morgan fingerprint density at radius 2 is 2.19 bits per heavy atom. The lowest BCUT2D eigenvalue weighted by molar-refractivity contribution is 0.726. The van der Waals surface area contributed by atoms with Crippen LogP contribution in [0.15, 0.2) is 17.8 Å². The molecule has 2 rings (SSSR count). The van der Waals surface area contributed by atoms with Gasteiger partial charge in [0.1, 0.15) is 17.0 Å². The van der Waals surface area contributed by atoms with Crippen molar-refractivity contribution in [2.45, 2.75) is 26.7 Å². The molecule has 0 radical (unpaired) electrons. The number of hydrogen-bond donors (Lipinski definition) is 0. The first-order valence-electron chi connectivity index (χ1n) is 5.80. The normalized spacial score (nSPS) is 10.9. The molecule has 0 aliphatic heterocycles. The lowest BCUT2D eigenvalue weighted by atomic mass is 10.3. The van der Waals surface area contributed by atoms with Gasteiger partial charge < -0.3 is 4.90 Å². The Morgan fingerprint density at radius 3 is 2.94 bits per heavy atom. The Labute approximate surface area is 100 Å². The van der Waals surface area contributed by atoms with Gasteiger partial charge in [0.25, 0.3) is 0 Å². The van der Waals surface area contributed by atoms with Crippen LogP contribution in [0, 0.1) is 0 Å². The van der Waals surface area contributed by atoms with Crippen LogP contribution in [-0.2, 0) is 0 Å². The maximum Gasteiger partial charge on any atom is 0.140 e. The van der Waals surface area contributed by atoms with Crippen LogP contribution in [0.3, 0.4) is 0 Å². The second-order valence-electron chi connectivity index (χ2n) is 3.77. The van der Waals surface area contributed by atoms with Crippen molar-refractivity contribution in [2.75, 3.05) is 18.0 Å². The van der Waals surface area contributed by atoms with Crippen molar-refractivity contribution in [1.82, 2.24) is 9.97 Å². The summed E-state index contributed by atoms with van der Waals surface area (Å²) in [5, 5.41) is 3.27. The fourth-order valence-corrected chi connectivity index (χ4v) is 2.52. The molecule has 0 atom stereocenters. The molecule has 0 aliphatic rings. The van der Waals surface area contributed by atoms with Crippen LogP contribution in [0.5, 0.6) is 0 Å². The van der Waals surface area contributed by atoms with E-state index in [9.17, 15) is 0 Å². The van der Waals surface area contributed by atoms with Crippen LogP contribution in [0.25, 0.3) is 10.2 Å². The number of nitrogens with zero attached hydrogens (tertiary/aromatic N) is 3. The molecule has 0 unspecified atom stereocenters. The molecule has 0 aliphatic carbocycles. The summed E-state index contributed by atoms with van der Waals surface area (Å²) in [6, 6.07) is 2.12. The van der Waals surface area contributed by atoms with E-state index < -0.39 is 0 Å². The Morgan fingerprint density at radius 1 is 1.31 bits per heavy atom. The molecule has 86 valence electrons. The molecule has 2 aromatic rings. The topological polar surface area (TPSA) is 29.0 Å². The maximum absolute atomic E-state index is 4.42. The molecule has 16 heavy (non-hydrogen) atoms.